The normalized spacial score (nSPS) is 40.4. The standard InChI is InChI=1S/C14H26N2S/c1-17-14-5-2-4-13(14)16-9-3-8-15-12(10-16)11-6-7-11/h11-15H,2-10H2,1H3. The van der Waals surface area contributed by atoms with Gasteiger partial charge in [0, 0.05) is 23.9 Å². The van der Waals surface area contributed by atoms with Crippen molar-refractivity contribution in [1.82, 2.24) is 10.2 Å². The maximum absolute atomic E-state index is 3.78. The molecule has 3 atom stereocenters. The Morgan fingerprint density at radius 2 is 2.00 bits per heavy atom. The van der Waals surface area contributed by atoms with Crippen molar-refractivity contribution in [3.8, 4) is 0 Å². The first-order valence-corrected chi connectivity index (χ1v) is 8.67. The van der Waals surface area contributed by atoms with E-state index in [1.165, 1.54) is 58.2 Å². The van der Waals surface area contributed by atoms with Gasteiger partial charge in [0.25, 0.3) is 0 Å². The van der Waals surface area contributed by atoms with E-state index >= 15 is 0 Å². The molecule has 0 aromatic rings. The van der Waals surface area contributed by atoms with Crippen LogP contribution in [0.3, 0.4) is 0 Å². The Morgan fingerprint density at radius 1 is 1.12 bits per heavy atom. The summed E-state index contributed by atoms with van der Waals surface area (Å²) in [6, 6.07) is 1.69. The Kier molecular flexibility index (Phi) is 3.98. The highest BCUT2D eigenvalue weighted by atomic mass is 32.2. The third-order valence-corrected chi connectivity index (χ3v) is 6.00. The predicted molar refractivity (Wildman–Crippen MR) is 75.6 cm³/mol. The molecule has 1 heterocycles. The second-order valence-corrected chi connectivity index (χ2v) is 7.10. The molecule has 17 heavy (non-hydrogen) atoms. The molecule has 2 aliphatic carbocycles. The predicted octanol–water partition coefficient (Wildman–Crippen LogP) is 2.34. The van der Waals surface area contributed by atoms with Crippen LogP contribution in [0.5, 0.6) is 0 Å². The van der Waals surface area contributed by atoms with E-state index in [2.05, 4.69) is 28.2 Å². The molecule has 3 fully saturated rings. The Bertz CT molecular complexity index is 255. The number of nitrogens with one attached hydrogen (secondary N) is 1. The largest absolute Gasteiger partial charge is 0.312 e. The van der Waals surface area contributed by atoms with Crippen LogP contribution in [-0.2, 0) is 0 Å². The first kappa shape index (κ1) is 12.3. The summed E-state index contributed by atoms with van der Waals surface area (Å²) in [7, 11) is 0. The average molecular weight is 254 g/mol. The Labute approximate surface area is 110 Å². The van der Waals surface area contributed by atoms with Gasteiger partial charge in [-0.1, -0.05) is 6.42 Å². The van der Waals surface area contributed by atoms with E-state index in [4.69, 9.17) is 0 Å². The van der Waals surface area contributed by atoms with Gasteiger partial charge < -0.3 is 5.32 Å². The monoisotopic (exact) mass is 254 g/mol. The molecule has 1 saturated heterocycles. The Balaban J connectivity index is 1.63. The number of hydrogen-bond donors (Lipinski definition) is 1. The molecule has 2 nitrogen and oxygen atoms in total. The van der Waals surface area contributed by atoms with Crippen LogP contribution in [0.25, 0.3) is 0 Å². The highest BCUT2D eigenvalue weighted by Crippen LogP contribution is 2.36. The van der Waals surface area contributed by atoms with Gasteiger partial charge in [0.2, 0.25) is 0 Å². The quantitative estimate of drug-likeness (QED) is 0.832. The number of nitrogens with zero attached hydrogens (tertiary/aromatic N) is 1. The molecular formula is C14H26N2S. The lowest BCUT2D eigenvalue weighted by molar-refractivity contribution is 0.193. The van der Waals surface area contributed by atoms with Gasteiger partial charge in [-0.2, -0.15) is 11.8 Å². The first-order chi connectivity index (χ1) is 8.38. The number of thioether (sulfide) groups is 1. The molecule has 1 aliphatic heterocycles. The minimum absolute atomic E-state index is 0.806. The van der Waals surface area contributed by atoms with Crippen molar-refractivity contribution in [3.63, 3.8) is 0 Å². The summed E-state index contributed by atoms with van der Waals surface area (Å²) < 4.78 is 0. The summed E-state index contributed by atoms with van der Waals surface area (Å²) in [6.45, 7) is 3.90. The minimum atomic E-state index is 0.806. The van der Waals surface area contributed by atoms with E-state index in [-0.39, 0.29) is 0 Å². The third-order valence-electron chi connectivity index (χ3n) is 4.84. The fourth-order valence-corrected chi connectivity index (χ4v) is 4.72. The van der Waals surface area contributed by atoms with E-state index in [1.807, 2.05) is 0 Å². The van der Waals surface area contributed by atoms with Crippen molar-refractivity contribution in [2.24, 2.45) is 5.92 Å². The fraction of sp³-hybridized carbons (Fsp3) is 1.00. The molecule has 3 rings (SSSR count). The van der Waals surface area contributed by atoms with E-state index < -0.39 is 0 Å². The van der Waals surface area contributed by atoms with Gasteiger partial charge in [0.1, 0.15) is 0 Å². The maximum atomic E-state index is 3.78. The molecule has 3 heteroatoms. The Hall–Kier alpha value is 0.270. The van der Waals surface area contributed by atoms with Gasteiger partial charge in [0.15, 0.2) is 0 Å². The van der Waals surface area contributed by atoms with Gasteiger partial charge in [0.05, 0.1) is 0 Å². The highest BCUT2D eigenvalue weighted by Gasteiger charge is 2.37. The van der Waals surface area contributed by atoms with Crippen molar-refractivity contribution in [2.45, 2.75) is 55.9 Å². The minimum Gasteiger partial charge on any atom is -0.312 e. The van der Waals surface area contributed by atoms with Gasteiger partial charge >= 0.3 is 0 Å². The van der Waals surface area contributed by atoms with Crippen LogP contribution >= 0.6 is 11.8 Å². The van der Waals surface area contributed by atoms with Crippen LogP contribution in [0, 0.1) is 5.92 Å². The molecule has 3 unspecified atom stereocenters. The van der Waals surface area contributed by atoms with Gasteiger partial charge in [-0.05, 0) is 57.4 Å². The fourth-order valence-electron chi connectivity index (χ4n) is 3.69. The van der Waals surface area contributed by atoms with Crippen LogP contribution in [0.2, 0.25) is 0 Å². The zero-order chi connectivity index (χ0) is 11.7. The zero-order valence-electron chi connectivity index (χ0n) is 11.0. The van der Waals surface area contributed by atoms with Gasteiger partial charge in [-0.25, -0.2) is 0 Å². The molecule has 0 amide bonds. The smallest absolute Gasteiger partial charge is 0.0223 e. The van der Waals surface area contributed by atoms with Gasteiger partial charge in [-0.3, -0.25) is 4.90 Å². The molecule has 0 aromatic carbocycles. The Morgan fingerprint density at radius 3 is 2.76 bits per heavy atom. The van der Waals surface area contributed by atoms with Crippen LogP contribution in [0.1, 0.15) is 38.5 Å². The van der Waals surface area contributed by atoms with E-state index in [0.717, 1.165) is 23.3 Å². The van der Waals surface area contributed by atoms with E-state index in [1.54, 1.807) is 0 Å². The van der Waals surface area contributed by atoms with Crippen molar-refractivity contribution in [3.05, 3.63) is 0 Å². The van der Waals surface area contributed by atoms with E-state index in [9.17, 15) is 0 Å². The van der Waals surface area contributed by atoms with Crippen LogP contribution in [0.15, 0.2) is 0 Å². The molecule has 0 aromatic heterocycles. The topological polar surface area (TPSA) is 15.3 Å². The van der Waals surface area contributed by atoms with Gasteiger partial charge in [-0.15, -0.1) is 0 Å². The van der Waals surface area contributed by atoms with Crippen LogP contribution in [0.4, 0.5) is 0 Å². The number of rotatable bonds is 3. The second kappa shape index (κ2) is 5.50. The van der Waals surface area contributed by atoms with Crippen molar-refractivity contribution >= 4 is 11.8 Å². The maximum Gasteiger partial charge on any atom is 0.0223 e. The average Bonchev–Trinajstić information content (AvgIpc) is 3.11. The lowest BCUT2D eigenvalue weighted by Crippen LogP contribution is -2.45. The summed E-state index contributed by atoms with van der Waals surface area (Å²) >= 11 is 2.10. The van der Waals surface area contributed by atoms with Crippen LogP contribution < -0.4 is 5.32 Å². The third kappa shape index (κ3) is 2.82. The molecule has 0 spiro atoms. The van der Waals surface area contributed by atoms with Crippen LogP contribution in [-0.4, -0.2) is 48.1 Å². The van der Waals surface area contributed by atoms with E-state index in [0.29, 0.717) is 0 Å². The SMILES string of the molecule is CSC1CCCC1N1CCCNC(C2CC2)C1. The molecule has 98 valence electrons. The highest BCUT2D eigenvalue weighted by molar-refractivity contribution is 7.99. The summed E-state index contributed by atoms with van der Waals surface area (Å²) in [5.41, 5.74) is 0. The molecule has 2 saturated carbocycles. The number of hydrogen-bond acceptors (Lipinski definition) is 3. The molecule has 0 bridgehead atoms. The molecule has 1 N–H and O–H groups in total. The summed E-state index contributed by atoms with van der Waals surface area (Å²) in [5, 5.41) is 4.69. The lowest BCUT2D eigenvalue weighted by atomic mass is 10.1. The lowest BCUT2D eigenvalue weighted by Gasteiger charge is -2.33. The second-order valence-electron chi connectivity index (χ2n) is 6.02. The summed E-state index contributed by atoms with van der Waals surface area (Å²) in [5.74, 6) is 1.00. The molecule has 3 aliphatic rings. The van der Waals surface area contributed by atoms with Crippen molar-refractivity contribution in [2.75, 3.05) is 25.9 Å². The first-order valence-electron chi connectivity index (χ1n) is 7.38. The zero-order valence-corrected chi connectivity index (χ0v) is 11.8. The molecule has 0 radical (unpaired) electrons. The van der Waals surface area contributed by atoms with Crippen molar-refractivity contribution < 1.29 is 0 Å². The summed E-state index contributed by atoms with van der Waals surface area (Å²) in [6.07, 6.45) is 10.9. The van der Waals surface area contributed by atoms with Crippen molar-refractivity contribution in [1.29, 1.82) is 0 Å². The summed E-state index contributed by atoms with van der Waals surface area (Å²) in [4.78, 5) is 2.83. The molecular weight excluding hydrogens is 228 g/mol.